The Morgan fingerprint density at radius 2 is 1.90 bits per heavy atom. The number of oxime groups is 1. The van der Waals surface area contributed by atoms with Crippen molar-refractivity contribution in [3.63, 3.8) is 0 Å². The molecule has 6 nitrogen and oxygen atoms in total. The van der Waals surface area contributed by atoms with E-state index in [9.17, 15) is 14.0 Å². The van der Waals surface area contributed by atoms with Gasteiger partial charge in [-0.25, -0.2) is 4.39 Å². The van der Waals surface area contributed by atoms with Crippen LogP contribution >= 0.6 is 0 Å². The highest BCUT2D eigenvalue weighted by Gasteiger charge is 2.32. The number of hydrogen-bond donors (Lipinski definition) is 2. The molecule has 2 aromatic rings. The molecule has 29 heavy (non-hydrogen) atoms. The second kappa shape index (κ2) is 9.82. The third kappa shape index (κ3) is 5.63. The van der Waals surface area contributed by atoms with E-state index >= 15 is 0 Å². The van der Waals surface area contributed by atoms with E-state index in [4.69, 9.17) is 4.84 Å². The lowest BCUT2D eigenvalue weighted by Gasteiger charge is -2.20. The molecule has 0 unspecified atom stereocenters. The first-order chi connectivity index (χ1) is 14.1. The lowest BCUT2D eigenvalue weighted by molar-refractivity contribution is -0.135. The van der Waals surface area contributed by atoms with Crippen LogP contribution < -0.4 is 10.6 Å². The van der Waals surface area contributed by atoms with Crippen molar-refractivity contribution in [1.29, 1.82) is 0 Å². The Kier molecular flexibility index (Phi) is 6.94. The standard InChI is InChI=1S/C22H24FN3O3/c1-2-12-24-21(27)19(13-15-6-4-3-5-7-15)25-22(28)20-14-18(26-29-20)16-8-10-17(23)11-9-16/h3-11,19-20H,2,12-14H2,1H3,(H,24,27)(H,25,28)/t19-,20-/m1/s1. The highest BCUT2D eigenvalue weighted by molar-refractivity contribution is 6.04. The molecule has 0 fully saturated rings. The highest BCUT2D eigenvalue weighted by Crippen LogP contribution is 2.17. The number of amides is 2. The molecule has 1 heterocycles. The fourth-order valence-electron chi connectivity index (χ4n) is 3.03. The van der Waals surface area contributed by atoms with Gasteiger partial charge in [-0.05, 0) is 29.7 Å². The molecule has 0 saturated carbocycles. The van der Waals surface area contributed by atoms with Crippen LogP contribution in [0, 0.1) is 5.82 Å². The maximum absolute atomic E-state index is 13.1. The van der Waals surface area contributed by atoms with E-state index in [-0.39, 0.29) is 18.1 Å². The number of carbonyl (C=O) groups is 2. The third-order valence-electron chi connectivity index (χ3n) is 4.60. The van der Waals surface area contributed by atoms with Crippen LogP contribution in [0.5, 0.6) is 0 Å². The van der Waals surface area contributed by atoms with Gasteiger partial charge in [-0.1, -0.05) is 54.5 Å². The summed E-state index contributed by atoms with van der Waals surface area (Å²) in [6.45, 7) is 2.50. The molecule has 0 aliphatic carbocycles. The Hall–Kier alpha value is -3.22. The fraction of sp³-hybridized carbons (Fsp3) is 0.318. The molecule has 1 aliphatic rings. The summed E-state index contributed by atoms with van der Waals surface area (Å²) in [7, 11) is 0. The summed E-state index contributed by atoms with van der Waals surface area (Å²) in [6.07, 6.45) is 0.609. The Morgan fingerprint density at radius 3 is 2.59 bits per heavy atom. The maximum atomic E-state index is 13.1. The monoisotopic (exact) mass is 397 g/mol. The summed E-state index contributed by atoms with van der Waals surface area (Å²) in [4.78, 5) is 30.5. The van der Waals surface area contributed by atoms with Crippen molar-refractivity contribution in [2.75, 3.05) is 6.54 Å². The van der Waals surface area contributed by atoms with Crippen molar-refractivity contribution < 1.29 is 18.8 Å². The predicted molar refractivity (Wildman–Crippen MR) is 108 cm³/mol. The van der Waals surface area contributed by atoms with Crippen molar-refractivity contribution in [3.05, 3.63) is 71.5 Å². The quantitative estimate of drug-likeness (QED) is 0.719. The van der Waals surface area contributed by atoms with Gasteiger partial charge in [-0.2, -0.15) is 0 Å². The number of hydrogen-bond acceptors (Lipinski definition) is 4. The smallest absolute Gasteiger partial charge is 0.265 e. The molecule has 0 aromatic heterocycles. The Labute approximate surface area is 169 Å². The first-order valence-corrected chi connectivity index (χ1v) is 9.67. The summed E-state index contributed by atoms with van der Waals surface area (Å²) in [5.74, 6) is -0.982. The maximum Gasteiger partial charge on any atom is 0.265 e. The van der Waals surface area contributed by atoms with Crippen LogP contribution in [0.15, 0.2) is 59.8 Å². The number of benzene rings is 2. The van der Waals surface area contributed by atoms with Crippen molar-refractivity contribution in [1.82, 2.24) is 10.6 Å². The fourth-order valence-corrected chi connectivity index (χ4v) is 3.03. The molecule has 2 aromatic carbocycles. The number of nitrogens with zero attached hydrogens (tertiary/aromatic N) is 1. The van der Waals surface area contributed by atoms with Crippen molar-refractivity contribution in [2.24, 2.45) is 5.16 Å². The minimum absolute atomic E-state index is 0.235. The van der Waals surface area contributed by atoms with E-state index in [2.05, 4.69) is 15.8 Å². The number of carbonyl (C=O) groups excluding carboxylic acids is 2. The van der Waals surface area contributed by atoms with Gasteiger partial charge in [0.25, 0.3) is 5.91 Å². The van der Waals surface area contributed by atoms with Crippen LogP contribution in [0.25, 0.3) is 0 Å². The molecule has 152 valence electrons. The van der Waals surface area contributed by atoms with Crippen LogP contribution in [0.1, 0.15) is 30.9 Å². The predicted octanol–water partition coefficient (Wildman–Crippen LogP) is 2.57. The van der Waals surface area contributed by atoms with Crippen molar-refractivity contribution >= 4 is 17.5 Å². The second-order valence-corrected chi connectivity index (χ2v) is 6.88. The molecule has 0 bridgehead atoms. The SMILES string of the molecule is CCCNC(=O)[C@@H](Cc1ccccc1)NC(=O)[C@H]1CC(c2ccc(F)cc2)=NO1. The van der Waals surface area contributed by atoms with E-state index in [1.54, 1.807) is 12.1 Å². The Morgan fingerprint density at radius 1 is 1.17 bits per heavy atom. The zero-order valence-electron chi connectivity index (χ0n) is 16.2. The van der Waals surface area contributed by atoms with Crippen LogP contribution in [0.2, 0.25) is 0 Å². The van der Waals surface area contributed by atoms with Gasteiger partial charge in [-0.3, -0.25) is 9.59 Å². The molecule has 3 rings (SSSR count). The van der Waals surface area contributed by atoms with Gasteiger partial charge in [0.05, 0.1) is 5.71 Å². The molecular weight excluding hydrogens is 373 g/mol. The third-order valence-corrected chi connectivity index (χ3v) is 4.60. The normalized spacial score (nSPS) is 16.5. The zero-order chi connectivity index (χ0) is 20.6. The van der Waals surface area contributed by atoms with Crippen molar-refractivity contribution in [2.45, 2.75) is 38.3 Å². The Balaban J connectivity index is 1.63. The molecule has 1 aliphatic heterocycles. The molecule has 2 amide bonds. The number of halogens is 1. The molecular formula is C22H24FN3O3. The summed E-state index contributed by atoms with van der Waals surface area (Å²) in [5.41, 5.74) is 2.21. The number of rotatable bonds is 8. The van der Waals surface area contributed by atoms with Crippen LogP contribution in [-0.2, 0) is 20.8 Å². The van der Waals surface area contributed by atoms with Gasteiger partial charge in [0.1, 0.15) is 11.9 Å². The first kappa shape index (κ1) is 20.5. The molecule has 2 N–H and O–H groups in total. The molecule has 0 spiro atoms. The largest absolute Gasteiger partial charge is 0.382 e. The first-order valence-electron chi connectivity index (χ1n) is 9.67. The number of nitrogens with one attached hydrogen (secondary N) is 2. The van der Waals surface area contributed by atoms with Crippen molar-refractivity contribution in [3.8, 4) is 0 Å². The topological polar surface area (TPSA) is 79.8 Å². The van der Waals surface area contributed by atoms with E-state index in [1.165, 1.54) is 12.1 Å². The van der Waals surface area contributed by atoms with E-state index in [1.807, 2.05) is 37.3 Å². The van der Waals surface area contributed by atoms with E-state index in [0.29, 0.717) is 24.2 Å². The van der Waals surface area contributed by atoms with Gasteiger partial charge in [0.15, 0.2) is 0 Å². The van der Waals surface area contributed by atoms with Gasteiger partial charge < -0.3 is 15.5 Å². The van der Waals surface area contributed by atoms with Gasteiger partial charge in [0.2, 0.25) is 12.0 Å². The lowest BCUT2D eigenvalue weighted by atomic mass is 10.0. The van der Waals surface area contributed by atoms with E-state index < -0.39 is 18.1 Å². The molecule has 7 heteroatoms. The average Bonchev–Trinajstić information content (AvgIpc) is 3.23. The summed E-state index contributed by atoms with van der Waals surface area (Å²) in [6, 6.07) is 14.6. The second-order valence-electron chi connectivity index (χ2n) is 6.88. The Bertz CT molecular complexity index is 869. The van der Waals surface area contributed by atoms with Crippen LogP contribution in [-0.4, -0.2) is 36.2 Å². The minimum atomic E-state index is -0.827. The lowest BCUT2D eigenvalue weighted by Crippen LogP contribution is -2.51. The molecule has 0 saturated heterocycles. The summed E-state index contributed by atoms with van der Waals surface area (Å²) >= 11 is 0. The van der Waals surface area contributed by atoms with Gasteiger partial charge in [-0.15, -0.1) is 0 Å². The van der Waals surface area contributed by atoms with Crippen LogP contribution in [0.3, 0.4) is 0 Å². The van der Waals surface area contributed by atoms with Crippen LogP contribution in [0.4, 0.5) is 4.39 Å². The van der Waals surface area contributed by atoms with E-state index in [0.717, 1.165) is 12.0 Å². The average molecular weight is 397 g/mol. The minimum Gasteiger partial charge on any atom is -0.382 e. The van der Waals surface area contributed by atoms with Gasteiger partial charge in [0, 0.05) is 19.4 Å². The molecule has 2 atom stereocenters. The summed E-state index contributed by atoms with van der Waals surface area (Å²) in [5, 5.41) is 9.57. The molecule has 0 radical (unpaired) electrons. The highest BCUT2D eigenvalue weighted by atomic mass is 19.1. The van der Waals surface area contributed by atoms with Gasteiger partial charge >= 0.3 is 0 Å². The zero-order valence-corrected chi connectivity index (χ0v) is 16.2. The summed E-state index contributed by atoms with van der Waals surface area (Å²) < 4.78 is 13.1.